The fourth-order valence-corrected chi connectivity index (χ4v) is 1.82. The fourth-order valence-electron chi connectivity index (χ4n) is 1.82. The first-order valence-electron chi connectivity index (χ1n) is 6.52. The van der Waals surface area contributed by atoms with Crippen LogP contribution in [0.2, 0.25) is 0 Å². The smallest absolute Gasteiger partial charge is 0.0608 e. The Morgan fingerprint density at radius 3 is 2.47 bits per heavy atom. The largest absolute Gasteiger partial charge is 0.394 e. The number of rotatable bonds is 10. The summed E-state index contributed by atoms with van der Waals surface area (Å²) in [5.41, 5.74) is 5.47. The van der Waals surface area contributed by atoms with Crippen LogP contribution < -0.4 is 5.73 Å². The number of methoxy groups -OCH3 is 1. The van der Waals surface area contributed by atoms with Gasteiger partial charge in [0.2, 0.25) is 0 Å². The Balaban J connectivity index is 3.90. The molecule has 0 aromatic carbocycles. The Bertz CT molecular complexity index is 184. The molecule has 0 aliphatic heterocycles. The van der Waals surface area contributed by atoms with Crippen molar-refractivity contribution >= 4 is 0 Å². The highest BCUT2D eigenvalue weighted by Crippen LogP contribution is 2.09. The molecule has 17 heavy (non-hydrogen) atoms. The van der Waals surface area contributed by atoms with Gasteiger partial charge in [0.1, 0.15) is 0 Å². The molecular weight excluding hydrogens is 216 g/mol. The molecule has 4 nitrogen and oxygen atoms in total. The molecule has 1 atom stereocenters. The van der Waals surface area contributed by atoms with Crippen LogP contribution in [0.3, 0.4) is 0 Å². The van der Waals surface area contributed by atoms with Crippen LogP contribution in [0, 0.1) is 5.92 Å². The summed E-state index contributed by atoms with van der Waals surface area (Å²) < 4.78 is 5.12. The summed E-state index contributed by atoms with van der Waals surface area (Å²) in [6.45, 7) is 10.2. The fraction of sp³-hybridized carbons (Fsp3) is 1.00. The van der Waals surface area contributed by atoms with Gasteiger partial charge in [-0.3, -0.25) is 0 Å². The molecule has 0 heterocycles. The van der Waals surface area contributed by atoms with Crippen molar-refractivity contribution in [2.24, 2.45) is 11.7 Å². The van der Waals surface area contributed by atoms with Crippen molar-refractivity contribution < 1.29 is 9.84 Å². The SMILES string of the molecule is COCCN(CCCC(C)(N)CO)CC(C)C. The van der Waals surface area contributed by atoms with Gasteiger partial charge in [0.25, 0.3) is 0 Å². The first kappa shape index (κ1) is 16.8. The number of nitrogens with two attached hydrogens (primary N) is 1. The lowest BCUT2D eigenvalue weighted by molar-refractivity contribution is 0.134. The molecule has 0 fully saturated rings. The lowest BCUT2D eigenvalue weighted by Crippen LogP contribution is -2.41. The van der Waals surface area contributed by atoms with E-state index < -0.39 is 5.54 Å². The monoisotopic (exact) mass is 246 g/mol. The first-order valence-corrected chi connectivity index (χ1v) is 6.52. The molecule has 0 aromatic heterocycles. The van der Waals surface area contributed by atoms with Gasteiger partial charge in [-0.2, -0.15) is 0 Å². The molecule has 0 bridgehead atoms. The van der Waals surface area contributed by atoms with Gasteiger partial charge in [-0.15, -0.1) is 0 Å². The second-order valence-electron chi connectivity index (χ2n) is 5.60. The Hall–Kier alpha value is -0.160. The maximum absolute atomic E-state index is 9.09. The number of ether oxygens (including phenoxy) is 1. The van der Waals surface area contributed by atoms with Gasteiger partial charge in [-0.1, -0.05) is 13.8 Å². The third-order valence-electron chi connectivity index (χ3n) is 2.82. The van der Waals surface area contributed by atoms with E-state index in [1.165, 1.54) is 0 Å². The quantitative estimate of drug-likeness (QED) is 0.605. The minimum absolute atomic E-state index is 0.0508. The second kappa shape index (κ2) is 8.86. The number of hydrogen-bond donors (Lipinski definition) is 2. The molecule has 1 unspecified atom stereocenters. The molecular formula is C13H30N2O2. The van der Waals surface area contributed by atoms with E-state index in [2.05, 4.69) is 18.7 Å². The second-order valence-corrected chi connectivity index (χ2v) is 5.60. The molecule has 0 saturated heterocycles. The standard InChI is InChI=1S/C13H30N2O2/c1-12(2)10-15(8-9-17-4)7-5-6-13(3,14)11-16/h12,16H,5-11,14H2,1-4H3. The predicted molar refractivity (Wildman–Crippen MR) is 72.1 cm³/mol. The third-order valence-corrected chi connectivity index (χ3v) is 2.82. The average molecular weight is 246 g/mol. The van der Waals surface area contributed by atoms with Crippen LogP contribution in [0.5, 0.6) is 0 Å². The van der Waals surface area contributed by atoms with Crippen LogP contribution in [-0.2, 0) is 4.74 Å². The average Bonchev–Trinajstić information content (AvgIpc) is 2.24. The van der Waals surface area contributed by atoms with E-state index in [-0.39, 0.29) is 6.61 Å². The van der Waals surface area contributed by atoms with Gasteiger partial charge >= 0.3 is 0 Å². The molecule has 0 amide bonds. The maximum Gasteiger partial charge on any atom is 0.0608 e. The molecule has 104 valence electrons. The molecule has 4 heteroatoms. The zero-order valence-corrected chi connectivity index (χ0v) is 11.9. The summed E-state index contributed by atoms with van der Waals surface area (Å²) in [6.07, 6.45) is 1.87. The molecule has 3 N–H and O–H groups in total. The van der Waals surface area contributed by atoms with Gasteiger partial charge in [-0.05, 0) is 32.2 Å². The summed E-state index contributed by atoms with van der Waals surface area (Å²) in [4.78, 5) is 2.40. The number of hydrogen-bond acceptors (Lipinski definition) is 4. The third kappa shape index (κ3) is 9.53. The Morgan fingerprint density at radius 2 is 2.00 bits per heavy atom. The predicted octanol–water partition coefficient (Wildman–Crippen LogP) is 1.08. The van der Waals surface area contributed by atoms with E-state index in [1.54, 1.807) is 7.11 Å². The molecule has 0 aliphatic carbocycles. The summed E-state index contributed by atoms with van der Waals surface area (Å²) in [6, 6.07) is 0. The molecule has 0 aromatic rings. The lowest BCUT2D eigenvalue weighted by Gasteiger charge is -2.26. The summed E-state index contributed by atoms with van der Waals surface area (Å²) in [7, 11) is 1.73. The maximum atomic E-state index is 9.09. The van der Waals surface area contributed by atoms with E-state index in [4.69, 9.17) is 15.6 Å². The molecule has 0 saturated carbocycles. The minimum Gasteiger partial charge on any atom is -0.394 e. The number of aliphatic hydroxyl groups excluding tert-OH is 1. The normalized spacial score (nSPS) is 15.5. The molecule has 0 radical (unpaired) electrons. The minimum atomic E-state index is -0.440. The lowest BCUT2D eigenvalue weighted by atomic mass is 9.98. The molecule has 0 spiro atoms. The Morgan fingerprint density at radius 1 is 1.35 bits per heavy atom. The van der Waals surface area contributed by atoms with E-state index in [9.17, 15) is 0 Å². The van der Waals surface area contributed by atoms with Gasteiger partial charge in [-0.25, -0.2) is 0 Å². The number of aliphatic hydroxyl groups is 1. The van der Waals surface area contributed by atoms with Gasteiger partial charge in [0.15, 0.2) is 0 Å². The number of nitrogens with zero attached hydrogens (tertiary/aromatic N) is 1. The zero-order chi connectivity index (χ0) is 13.3. The highest BCUT2D eigenvalue weighted by molar-refractivity contribution is 4.77. The van der Waals surface area contributed by atoms with Crippen molar-refractivity contribution in [3.05, 3.63) is 0 Å². The van der Waals surface area contributed by atoms with Crippen molar-refractivity contribution in [1.29, 1.82) is 0 Å². The van der Waals surface area contributed by atoms with Crippen LogP contribution in [-0.4, -0.2) is 55.5 Å². The van der Waals surface area contributed by atoms with Gasteiger partial charge in [0, 0.05) is 25.7 Å². The summed E-state index contributed by atoms with van der Waals surface area (Å²) in [5, 5.41) is 9.09. The highest BCUT2D eigenvalue weighted by Gasteiger charge is 2.17. The Labute approximate surface area is 106 Å². The zero-order valence-electron chi connectivity index (χ0n) is 11.9. The molecule has 0 aliphatic rings. The van der Waals surface area contributed by atoms with Crippen LogP contribution >= 0.6 is 0 Å². The van der Waals surface area contributed by atoms with E-state index in [0.29, 0.717) is 5.92 Å². The van der Waals surface area contributed by atoms with Gasteiger partial charge in [0.05, 0.1) is 13.2 Å². The first-order chi connectivity index (χ1) is 7.91. The van der Waals surface area contributed by atoms with Crippen LogP contribution in [0.15, 0.2) is 0 Å². The van der Waals surface area contributed by atoms with Gasteiger partial charge < -0.3 is 20.5 Å². The summed E-state index contributed by atoms with van der Waals surface area (Å²) >= 11 is 0. The summed E-state index contributed by atoms with van der Waals surface area (Å²) in [5.74, 6) is 0.661. The topological polar surface area (TPSA) is 58.7 Å². The van der Waals surface area contributed by atoms with Crippen molar-refractivity contribution in [3.63, 3.8) is 0 Å². The van der Waals surface area contributed by atoms with Crippen molar-refractivity contribution in [3.8, 4) is 0 Å². The van der Waals surface area contributed by atoms with Crippen molar-refractivity contribution in [2.75, 3.05) is 40.0 Å². The van der Waals surface area contributed by atoms with E-state index in [1.807, 2.05) is 6.92 Å². The molecule has 0 rings (SSSR count). The van der Waals surface area contributed by atoms with Crippen molar-refractivity contribution in [1.82, 2.24) is 4.90 Å². The van der Waals surface area contributed by atoms with Crippen LogP contribution in [0.1, 0.15) is 33.6 Å². The van der Waals surface area contributed by atoms with Crippen LogP contribution in [0.25, 0.3) is 0 Å². The Kier molecular flexibility index (Phi) is 8.78. The van der Waals surface area contributed by atoms with E-state index in [0.717, 1.165) is 39.1 Å². The van der Waals surface area contributed by atoms with Crippen LogP contribution in [0.4, 0.5) is 0 Å². The highest BCUT2D eigenvalue weighted by atomic mass is 16.5. The van der Waals surface area contributed by atoms with E-state index >= 15 is 0 Å². The van der Waals surface area contributed by atoms with Crippen molar-refractivity contribution in [2.45, 2.75) is 39.2 Å².